The lowest BCUT2D eigenvalue weighted by Gasteiger charge is -2.18. The van der Waals surface area contributed by atoms with Crippen molar-refractivity contribution in [2.24, 2.45) is 0 Å². The highest BCUT2D eigenvalue weighted by Gasteiger charge is 2.24. The Bertz CT molecular complexity index is 1300. The highest BCUT2D eigenvalue weighted by molar-refractivity contribution is 7.16. The number of hydrogen-bond donors (Lipinski definition) is 1. The summed E-state index contributed by atoms with van der Waals surface area (Å²) in [7, 11) is 0. The van der Waals surface area contributed by atoms with Gasteiger partial charge in [0.15, 0.2) is 0 Å². The highest BCUT2D eigenvalue weighted by atomic mass is 32.1. The normalized spacial score (nSPS) is 11.8. The van der Waals surface area contributed by atoms with Crippen molar-refractivity contribution >= 4 is 28.2 Å². The minimum absolute atomic E-state index is 0.186. The topological polar surface area (TPSA) is 103 Å². The number of carbonyl (C=O) groups is 2. The molecular formula is C23H20N4O4S. The highest BCUT2D eigenvalue weighted by Crippen LogP contribution is 2.11. The molecule has 0 aliphatic carbocycles. The quantitative estimate of drug-likeness (QED) is 0.436. The molecule has 0 saturated heterocycles. The predicted molar refractivity (Wildman–Crippen MR) is 120 cm³/mol. The Morgan fingerprint density at radius 2 is 1.78 bits per heavy atom. The van der Waals surface area contributed by atoms with Crippen LogP contribution in [0.1, 0.15) is 26.6 Å². The Hall–Kier alpha value is -3.85. The molecule has 0 spiro atoms. The van der Waals surface area contributed by atoms with Gasteiger partial charge >= 0.3 is 5.97 Å². The Morgan fingerprint density at radius 1 is 1.09 bits per heavy atom. The van der Waals surface area contributed by atoms with Crippen LogP contribution in [0, 0.1) is 6.92 Å². The van der Waals surface area contributed by atoms with E-state index in [4.69, 9.17) is 4.74 Å². The number of carbonyl (C=O) groups excluding carboxylic acids is 2. The number of rotatable bonds is 7. The number of nitrogens with one attached hydrogen (secondary N) is 1. The molecule has 8 nitrogen and oxygen atoms in total. The van der Waals surface area contributed by atoms with E-state index in [1.165, 1.54) is 21.9 Å². The van der Waals surface area contributed by atoms with Crippen LogP contribution in [0.3, 0.4) is 0 Å². The van der Waals surface area contributed by atoms with Crippen LogP contribution >= 0.6 is 11.3 Å². The molecule has 0 fully saturated rings. The van der Waals surface area contributed by atoms with E-state index in [1.54, 1.807) is 31.2 Å². The summed E-state index contributed by atoms with van der Waals surface area (Å²) in [5.41, 5.74) is 1.29. The SMILES string of the molecule is Cc1nn2c(=O)cc(COC(=O)[C@@H](Cc3ccccc3)NC(=O)c3ccccc3)nc2s1. The third-order valence-corrected chi connectivity index (χ3v) is 5.49. The van der Waals surface area contributed by atoms with Crippen LogP contribution in [-0.2, 0) is 22.6 Å². The average Bonchev–Trinajstić information content (AvgIpc) is 3.19. The fraction of sp³-hybridized carbons (Fsp3) is 0.174. The van der Waals surface area contributed by atoms with Crippen molar-refractivity contribution in [3.8, 4) is 0 Å². The second kappa shape index (κ2) is 9.52. The van der Waals surface area contributed by atoms with Gasteiger partial charge in [-0.3, -0.25) is 9.59 Å². The van der Waals surface area contributed by atoms with E-state index in [-0.39, 0.29) is 24.5 Å². The van der Waals surface area contributed by atoms with E-state index in [0.717, 1.165) is 5.56 Å². The Kier molecular flexibility index (Phi) is 6.37. The third kappa shape index (κ3) is 5.06. The standard InChI is InChI=1S/C23H20N4O4S/c1-15-26-27-20(28)13-18(24-23(27)32-15)14-31-22(30)19(12-16-8-4-2-5-9-16)25-21(29)17-10-6-3-7-11-17/h2-11,13,19H,12,14H2,1H3,(H,25,29)/t19-/m1/s1. The van der Waals surface area contributed by atoms with Crippen LogP contribution < -0.4 is 10.9 Å². The van der Waals surface area contributed by atoms with Crippen molar-refractivity contribution in [2.75, 3.05) is 0 Å². The van der Waals surface area contributed by atoms with Gasteiger partial charge in [-0.05, 0) is 24.6 Å². The summed E-state index contributed by atoms with van der Waals surface area (Å²) >= 11 is 1.27. The van der Waals surface area contributed by atoms with E-state index in [1.807, 2.05) is 36.4 Å². The first-order chi connectivity index (χ1) is 15.5. The largest absolute Gasteiger partial charge is 0.458 e. The first-order valence-corrected chi connectivity index (χ1v) is 10.7. The van der Waals surface area contributed by atoms with Gasteiger partial charge in [0.25, 0.3) is 11.5 Å². The minimum Gasteiger partial charge on any atom is -0.458 e. The molecular weight excluding hydrogens is 428 g/mol. The van der Waals surface area contributed by atoms with Crippen molar-refractivity contribution < 1.29 is 14.3 Å². The number of fused-ring (bicyclic) bond motifs is 1. The van der Waals surface area contributed by atoms with Gasteiger partial charge in [0.2, 0.25) is 4.96 Å². The van der Waals surface area contributed by atoms with Crippen molar-refractivity contribution in [3.05, 3.63) is 98.9 Å². The molecule has 4 aromatic rings. The zero-order valence-electron chi connectivity index (χ0n) is 17.2. The molecule has 2 aromatic heterocycles. The molecule has 1 amide bonds. The molecule has 4 rings (SSSR count). The maximum Gasteiger partial charge on any atom is 0.329 e. The van der Waals surface area contributed by atoms with Gasteiger partial charge in [-0.1, -0.05) is 59.9 Å². The number of esters is 1. The average molecular weight is 449 g/mol. The summed E-state index contributed by atoms with van der Waals surface area (Å²) in [6.45, 7) is 1.59. The summed E-state index contributed by atoms with van der Waals surface area (Å²) in [6, 6.07) is 18.4. The number of hydrogen-bond acceptors (Lipinski definition) is 7. The Morgan fingerprint density at radius 3 is 2.50 bits per heavy atom. The molecule has 2 aromatic carbocycles. The fourth-order valence-electron chi connectivity index (χ4n) is 3.15. The van der Waals surface area contributed by atoms with E-state index in [2.05, 4.69) is 15.4 Å². The molecule has 162 valence electrons. The van der Waals surface area contributed by atoms with Crippen molar-refractivity contribution in [3.63, 3.8) is 0 Å². The minimum atomic E-state index is -0.902. The first-order valence-electron chi connectivity index (χ1n) is 9.92. The molecule has 1 atom stereocenters. The number of amides is 1. The fourth-order valence-corrected chi connectivity index (χ4v) is 3.91. The number of ether oxygens (including phenoxy) is 1. The number of nitrogens with zero attached hydrogens (tertiary/aromatic N) is 3. The zero-order valence-corrected chi connectivity index (χ0v) is 18.0. The van der Waals surface area contributed by atoms with Gasteiger partial charge in [0, 0.05) is 18.1 Å². The molecule has 0 aliphatic heterocycles. The number of aromatic nitrogens is 3. The molecule has 0 unspecified atom stereocenters. The lowest BCUT2D eigenvalue weighted by atomic mass is 10.1. The lowest BCUT2D eigenvalue weighted by molar-refractivity contribution is -0.147. The second-order valence-corrected chi connectivity index (χ2v) is 8.25. The zero-order chi connectivity index (χ0) is 22.5. The summed E-state index contributed by atoms with van der Waals surface area (Å²) in [5.74, 6) is -0.984. The van der Waals surface area contributed by atoms with Gasteiger partial charge in [0.05, 0.1) is 5.69 Å². The van der Waals surface area contributed by atoms with Gasteiger partial charge in [-0.25, -0.2) is 9.78 Å². The second-order valence-electron chi connectivity index (χ2n) is 7.09. The summed E-state index contributed by atoms with van der Waals surface area (Å²) in [6.07, 6.45) is 0.265. The van der Waals surface area contributed by atoms with Crippen LogP contribution in [-0.4, -0.2) is 32.5 Å². The smallest absolute Gasteiger partial charge is 0.329 e. The van der Waals surface area contributed by atoms with Gasteiger partial charge in [-0.2, -0.15) is 9.61 Å². The van der Waals surface area contributed by atoms with Crippen LogP contribution in [0.15, 0.2) is 71.5 Å². The number of benzene rings is 2. The molecule has 9 heteroatoms. The molecule has 32 heavy (non-hydrogen) atoms. The van der Waals surface area contributed by atoms with Gasteiger partial charge in [0.1, 0.15) is 17.7 Å². The van der Waals surface area contributed by atoms with Crippen molar-refractivity contribution in [1.82, 2.24) is 19.9 Å². The Balaban J connectivity index is 1.50. The van der Waals surface area contributed by atoms with E-state index in [9.17, 15) is 14.4 Å². The van der Waals surface area contributed by atoms with Crippen LogP contribution in [0.5, 0.6) is 0 Å². The van der Waals surface area contributed by atoms with Crippen molar-refractivity contribution in [1.29, 1.82) is 0 Å². The molecule has 1 N–H and O–H groups in total. The first kappa shape index (κ1) is 21.4. The predicted octanol–water partition coefficient (Wildman–Crippen LogP) is 2.54. The van der Waals surface area contributed by atoms with Gasteiger partial charge < -0.3 is 10.1 Å². The maximum absolute atomic E-state index is 12.9. The van der Waals surface area contributed by atoms with Crippen molar-refractivity contribution in [2.45, 2.75) is 26.0 Å². The van der Waals surface area contributed by atoms with Crippen LogP contribution in [0.4, 0.5) is 0 Å². The lowest BCUT2D eigenvalue weighted by Crippen LogP contribution is -2.43. The van der Waals surface area contributed by atoms with E-state index in [0.29, 0.717) is 21.2 Å². The van der Waals surface area contributed by atoms with E-state index < -0.39 is 12.0 Å². The van der Waals surface area contributed by atoms with Crippen LogP contribution in [0.25, 0.3) is 4.96 Å². The van der Waals surface area contributed by atoms with Gasteiger partial charge in [-0.15, -0.1) is 0 Å². The maximum atomic E-state index is 12.9. The Labute approximate surface area is 187 Å². The molecule has 0 saturated carbocycles. The number of aryl methyl sites for hydroxylation is 1. The molecule has 0 bridgehead atoms. The monoisotopic (exact) mass is 448 g/mol. The summed E-state index contributed by atoms with van der Waals surface area (Å²) in [5, 5.41) is 7.55. The van der Waals surface area contributed by atoms with Crippen LogP contribution in [0.2, 0.25) is 0 Å². The molecule has 2 heterocycles. The summed E-state index contributed by atoms with van der Waals surface area (Å²) < 4.78 is 6.64. The summed E-state index contributed by atoms with van der Waals surface area (Å²) in [4.78, 5) is 42.5. The third-order valence-electron chi connectivity index (χ3n) is 4.67. The van der Waals surface area contributed by atoms with E-state index >= 15 is 0 Å². The molecule has 0 aliphatic rings. The molecule has 0 radical (unpaired) electrons.